The lowest BCUT2D eigenvalue weighted by Gasteiger charge is -2.23. The molecular weight excluding hydrogens is 598 g/mol. The fourth-order valence-corrected chi connectivity index (χ4v) is 5.40. The highest BCUT2D eigenvalue weighted by molar-refractivity contribution is 6.02. The van der Waals surface area contributed by atoms with Crippen molar-refractivity contribution in [2.75, 3.05) is 13.7 Å². The van der Waals surface area contributed by atoms with Crippen molar-refractivity contribution < 1.29 is 28.3 Å². The van der Waals surface area contributed by atoms with Crippen molar-refractivity contribution in [3.63, 3.8) is 0 Å². The number of hydrazone groups is 1. The van der Waals surface area contributed by atoms with Crippen molar-refractivity contribution in [1.82, 2.24) is 20.5 Å². The zero-order valence-electron chi connectivity index (χ0n) is 26.7. The van der Waals surface area contributed by atoms with Crippen LogP contribution in [-0.4, -0.2) is 65.6 Å². The summed E-state index contributed by atoms with van der Waals surface area (Å²) in [5.41, 5.74) is 2.39. The fraction of sp³-hybridized carbons (Fsp3) is 0.306. The summed E-state index contributed by atoms with van der Waals surface area (Å²) in [5, 5.41) is 11.6. The molecule has 2 heterocycles. The summed E-state index contributed by atoms with van der Waals surface area (Å²) in [6.45, 7) is 4.10. The molecule has 11 heteroatoms. The number of nitrogens with zero attached hydrogens (tertiary/aromatic N) is 3. The molecule has 0 spiro atoms. The molecule has 3 aromatic carbocycles. The van der Waals surface area contributed by atoms with Gasteiger partial charge in [-0.1, -0.05) is 86.6 Å². The van der Waals surface area contributed by atoms with E-state index in [0.717, 1.165) is 16.1 Å². The van der Waals surface area contributed by atoms with Crippen LogP contribution in [0.4, 0.5) is 4.79 Å². The number of aryl methyl sites for hydroxylation is 1. The van der Waals surface area contributed by atoms with E-state index in [1.165, 1.54) is 18.2 Å². The van der Waals surface area contributed by atoms with E-state index >= 15 is 0 Å². The van der Waals surface area contributed by atoms with Gasteiger partial charge in [0.1, 0.15) is 12.6 Å². The first-order valence-electron chi connectivity index (χ1n) is 15.6. The Balaban J connectivity index is 1.31. The number of methoxy groups -OCH3 is 1. The van der Waals surface area contributed by atoms with Gasteiger partial charge in [-0.3, -0.25) is 14.4 Å². The van der Waals surface area contributed by atoms with Crippen LogP contribution in [0.25, 0.3) is 11.0 Å². The van der Waals surface area contributed by atoms with Gasteiger partial charge in [-0.25, -0.2) is 4.79 Å². The molecule has 4 aromatic rings. The molecule has 0 saturated carbocycles. The number of amides is 5. The Morgan fingerprint density at radius 3 is 2.34 bits per heavy atom. The average molecular weight is 638 g/mol. The van der Waals surface area contributed by atoms with Crippen LogP contribution >= 0.6 is 0 Å². The third-order valence-electron chi connectivity index (χ3n) is 7.79. The second-order valence-electron chi connectivity index (χ2n) is 11.9. The molecular formula is C36H39N5O6. The number of hydrogen-bond acceptors (Lipinski definition) is 7. The van der Waals surface area contributed by atoms with Gasteiger partial charge in [0.15, 0.2) is 17.1 Å². The van der Waals surface area contributed by atoms with E-state index < -0.39 is 35.8 Å². The van der Waals surface area contributed by atoms with Crippen LogP contribution in [0.3, 0.4) is 0 Å². The summed E-state index contributed by atoms with van der Waals surface area (Å²) < 4.78 is 11.2. The minimum atomic E-state index is -0.887. The van der Waals surface area contributed by atoms with Gasteiger partial charge in [0.25, 0.3) is 11.8 Å². The number of fused-ring (bicyclic) bond motifs is 1. The predicted octanol–water partition coefficient (Wildman–Crippen LogP) is 5.15. The third kappa shape index (κ3) is 8.43. The smallest absolute Gasteiger partial charge is 0.348 e. The first kappa shape index (κ1) is 32.9. The number of ether oxygens (including phenoxy) is 1. The molecule has 0 unspecified atom stereocenters. The molecule has 11 nitrogen and oxygen atoms in total. The number of benzene rings is 3. The van der Waals surface area contributed by atoms with E-state index in [4.69, 9.17) is 9.15 Å². The van der Waals surface area contributed by atoms with Crippen LogP contribution in [0.15, 0.2) is 94.4 Å². The van der Waals surface area contributed by atoms with Gasteiger partial charge in [-0.05, 0) is 48.4 Å². The number of imide groups is 1. The van der Waals surface area contributed by atoms with Crippen molar-refractivity contribution in [2.45, 2.75) is 51.7 Å². The summed E-state index contributed by atoms with van der Waals surface area (Å²) in [5.74, 6) is -0.784. The molecule has 0 radical (unpaired) electrons. The van der Waals surface area contributed by atoms with Gasteiger partial charge in [0, 0.05) is 18.1 Å². The molecule has 1 aromatic heterocycles. The SMILES string of the molecule is COc1cccc2cc(C(=O)N[C@@H](CC(C)C)C(=O)N[C@H](/C=N/N3C(=O)CN(Cc4ccccc4)C3=O)CCc3ccccc3)oc12. The number of carbonyl (C=O) groups excluding carboxylic acids is 4. The summed E-state index contributed by atoms with van der Waals surface area (Å²) in [6, 6.07) is 24.0. The Labute approximate surface area is 273 Å². The van der Waals surface area contributed by atoms with E-state index in [2.05, 4.69) is 15.7 Å². The fourth-order valence-electron chi connectivity index (χ4n) is 5.40. The summed E-state index contributed by atoms with van der Waals surface area (Å²) >= 11 is 0. The van der Waals surface area contributed by atoms with Crippen LogP contribution in [0.5, 0.6) is 5.75 Å². The highest BCUT2D eigenvalue weighted by atomic mass is 16.5. The molecule has 2 N–H and O–H groups in total. The minimum absolute atomic E-state index is 0.0550. The van der Waals surface area contributed by atoms with E-state index in [0.29, 0.717) is 36.0 Å². The zero-order valence-corrected chi connectivity index (χ0v) is 26.7. The number of carbonyl (C=O) groups is 4. The monoisotopic (exact) mass is 637 g/mol. The molecule has 2 atom stereocenters. The molecule has 1 aliphatic rings. The molecule has 1 aliphatic heterocycles. The highest BCUT2D eigenvalue weighted by Crippen LogP contribution is 2.28. The highest BCUT2D eigenvalue weighted by Gasteiger charge is 2.36. The topological polar surface area (TPSA) is 134 Å². The third-order valence-corrected chi connectivity index (χ3v) is 7.79. The van der Waals surface area contributed by atoms with Gasteiger partial charge < -0.3 is 24.7 Å². The van der Waals surface area contributed by atoms with Crippen molar-refractivity contribution in [2.24, 2.45) is 11.0 Å². The van der Waals surface area contributed by atoms with E-state index in [1.54, 1.807) is 18.2 Å². The van der Waals surface area contributed by atoms with Crippen LogP contribution in [0.2, 0.25) is 0 Å². The first-order chi connectivity index (χ1) is 22.7. The molecule has 0 bridgehead atoms. The normalized spacial score (nSPS) is 14.6. The second-order valence-corrected chi connectivity index (χ2v) is 11.9. The lowest BCUT2D eigenvalue weighted by Crippen LogP contribution is -2.50. The number of rotatable bonds is 14. The van der Waals surface area contributed by atoms with Crippen molar-refractivity contribution >= 4 is 40.9 Å². The van der Waals surface area contributed by atoms with Crippen LogP contribution < -0.4 is 15.4 Å². The molecule has 1 saturated heterocycles. The maximum absolute atomic E-state index is 13.7. The minimum Gasteiger partial charge on any atom is -0.493 e. The van der Waals surface area contributed by atoms with Gasteiger partial charge >= 0.3 is 6.03 Å². The first-order valence-corrected chi connectivity index (χ1v) is 15.6. The number of nitrogens with one attached hydrogen (secondary N) is 2. The van der Waals surface area contributed by atoms with Crippen LogP contribution in [0, 0.1) is 5.92 Å². The number of hydrogen-bond donors (Lipinski definition) is 2. The Bertz CT molecular complexity index is 1740. The lowest BCUT2D eigenvalue weighted by atomic mass is 10.0. The molecule has 5 amide bonds. The molecule has 5 rings (SSSR count). The number of furan rings is 1. The largest absolute Gasteiger partial charge is 0.493 e. The Morgan fingerprint density at radius 1 is 0.957 bits per heavy atom. The molecule has 244 valence electrons. The van der Waals surface area contributed by atoms with Crippen molar-refractivity contribution in [1.29, 1.82) is 0 Å². The van der Waals surface area contributed by atoms with Gasteiger partial charge in [0.2, 0.25) is 5.91 Å². The van der Waals surface area contributed by atoms with Crippen molar-refractivity contribution in [3.05, 3.63) is 102 Å². The molecule has 1 fully saturated rings. The summed E-state index contributed by atoms with van der Waals surface area (Å²) in [6.07, 6.45) is 2.82. The zero-order chi connectivity index (χ0) is 33.3. The predicted molar refractivity (Wildman–Crippen MR) is 178 cm³/mol. The quantitative estimate of drug-likeness (QED) is 0.145. The van der Waals surface area contributed by atoms with Gasteiger partial charge in [0.05, 0.1) is 13.2 Å². The van der Waals surface area contributed by atoms with Crippen LogP contribution in [-0.2, 0) is 22.6 Å². The second kappa shape index (κ2) is 15.2. The van der Waals surface area contributed by atoms with Gasteiger partial charge in [-0.15, -0.1) is 5.01 Å². The average Bonchev–Trinajstić information content (AvgIpc) is 3.62. The van der Waals surface area contributed by atoms with E-state index in [-0.39, 0.29) is 24.8 Å². The molecule has 0 aliphatic carbocycles. The summed E-state index contributed by atoms with van der Waals surface area (Å²) in [7, 11) is 1.52. The Hall–Kier alpha value is -5.45. The summed E-state index contributed by atoms with van der Waals surface area (Å²) in [4.78, 5) is 54.3. The maximum atomic E-state index is 13.7. The van der Waals surface area contributed by atoms with E-state index in [1.807, 2.05) is 80.6 Å². The number of para-hydroxylation sites is 1. The standard InChI is InChI=1S/C36H39N5O6/c1-24(2)19-29(39-35(44)31-20-27-15-10-16-30(46-3)33(27)47-31)34(43)38-28(18-17-25-11-6-4-7-12-25)21-37-41-32(42)23-40(36(41)45)22-26-13-8-5-9-14-26/h4-16,20-21,24,28-29H,17-19,22-23H2,1-3H3,(H,38,43)(H,39,44)/b37-21+/t28-,29-/m0/s1. The number of urea groups is 1. The maximum Gasteiger partial charge on any atom is 0.348 e. The molecule has 47 heavy (non-hydrogen) atoms. The van der Waals surface area contributed by atoms with Crippen LogP contribution in [0.1, 0.15) is 48.4 Å². The Kier molecular flexibility index (Phi) is 10.7. The van der Waals surface area contributed by atoms with Crippen molar-refractivity contribution in [3.8, 4) is 5.75 Å². The van der Waals surface area contributed by atoms with Gasteiger partial charge in [-0.2, -0.15) is 5.10 Å². The van der Waals surface area contributed by atoms with E-state index in [9.17, 15) is 19.2 Å². The lowest BCUT2D eigenvalue weighted by molar-refractivity contribution is -0.125. The Morgan fingerprint density at radius 2 is 1.66 bits per heavy atom.